The Kier molecular flexibility index (Phi) is 7.22. The number of halogens is 2. The highest BCUT2D eigenvalue weighted by Gasteiger charge is 2.21. The standard InChI is InChI=1S/C22H24Cl2N6O3/c1-31-19-8-15-18(27-12-28-21(15)29-13-3-4-16(23)17(24)7-13)9-20(19)33-11-14-10-30(22(25)26)5-2-6-32-14/h3-4,7-9,12,14H,2,5-6,10-11H2,1H3,(H3,25,26)(H,27,28,29). The van der Waals surface area contributed by atoms with Crippen LogP contribution in [-0.4, -0.2) is 60.3 Å². The van der Waals surface area contributed by atoms with Crippen molar-refractivity contribution in [1.29, 1.82) is 5.41 Å². The molecule has 1 aromatic heterocycles. The van der Waals surface area contributed by atoms with Crippen LogP contribution in [0.15, 0.2) is 36.7 Å². The van der Waals surface area contributed by atoms with E-state index in [-0.39, 0.29) is 18.7 Å². The van der Waals surface area contributed by atoms with Crippen LogP contribution in [0.3, 0.4) is 0 Å². The molecular formula is C22H24Cl2N6O3. The summed E-state index contributed by atoms with van der Waals surface area (Å²) in [5.41, 5.74) is 7.07. The van der Waals surface area contributed by atoms with Gasteiger partial charge in [0.15, 0.2) is 17.5 Å². The molecule has 9 nitrogen and oxygen atoms in total. The molecule has 0 saturated carbocycles. The number of aromatic nitrogens is 2. The van der Waals surface area contributed by atoms with Gasteiger partial charge >= 0.3 is 0 Å². The summed E-state index contributed by atoms with van der Waals surface area (Å²) in [5.74, 6) is 1.69. The first kappa shape index (κ1) is 23.2. The van der Waals surface area contributed by atoms with E-state index in [2.05, 4.69) is 15.3 Å². The number of hydrogen-bond donors (Lipinski definition) is 3. The predicted molar refractivity (Wildman–Crippen MR) is 129 cm³/mol. The minimum absolute atomic E-state index is 0.0347. The molecule has 1 aliphatic rings. The molecule has 174 valence electrons. The van der Waals surface area contributed by atoms with Gasteiger partial charge in [-0.05, 0) is 30.7 Å². The summed E-state index contributed by atoms with van der Waals surface area (Å²) >= 11 is 12.1. The Morgan fingerprint density at radius 2 is 2.09 bits per heavy atom. The van der Waals surface area contributed by atoms with Crippen LogP contribution in [0, 0.1) is 5.41 Å². The molecule has 0 bridgehead atoms. The largest absolute Gasteiger partial charge is 0.493 e. The average Bonchev–Trinajstić information content (AvgIpc) is 3.06. The fourth-order valence-electron chi connectivity index (χ4n) is 3.54. The van der Waals surface area contributed by atoms with E-state index in [0.29, 0.717) is 52.6 Å². The van der Waals surface area contributed by atoms with Crippen molar-refractivity contribution >= 4 is 51.6 Å². The average molecular weight is 491 g/mol. The van der Waals surface area contributed by atoms with E-state index in [1.807, 2.05) is 12.1 Å². The molecule has 4 rings (SSSR count). The van der Waals surface area contributed by atoms with Crippen molar-refractivity contribution < 1.29 is 14.2 Å². The molecule has 11 heteroatoms. The van der Waals surface area contributed by atoms with Gasteiger partial charge in [0, 0.05) is 30.3 Å². The van der Waals surface area contributed by atoms with Crippen LogP contribution in [0.5, 0.6) is 11.5 Å². The van der Waals surface area contributed by atoms with E-state index in [0.717, 1.165) is 17.5 Å². The van der Waals surface area contributed by atoms with Crippen LogP contribution in [0.25, 0.3) is 10.9 Å². The Morgan fingerprint density at radius 3 is 2.85 bits per heavy atom. The van der Waals surface area contributed by atoms with E-state index in [1.54, 1.807) is 30.2 Å². The monoisotopic (exact) mass is 490 g/mol. The summed E-state index contributed by atoms with van der Waals surface area (Å²) in [4.78, 5) is 10.5. The zero-order valence-corrected chi connectivity index (χ0v) is 19.5. The number of nitrogens with one attached hydrogen (secondary N) is 2. The van der Waals surface area contributed by atoms with Gasteiger partial charge in [-0.3, -0.25) is 5.41 Å². The van der Waals surface area contributed by atoms with E-state index in [4.69, 9.17) is 48.6 Å². The van der Waals surface area contributed by atoms with Gasteiger partial charge in [-0.15, -0.1) is 0 Å². The van der Waals surface area contributed by atoms with Crippen LogP contribution in [-0.2, 0) is 4.74 Å². The smallest absolute Gasteiger partial charge is 0.188 e. The van der Waals surface area contributed by atoms with Crippen LogP contribution in [0.4, 0.5) is 11.5 Å². The topological polar surface area (TPSA) is 119 Å². The predicted octanol–water partition coefficient (Wildman–Crippen LogP) is 4.05. The van der Waals surface area contributed by atoms with Gasteiger partial charge in [0.05, 0.1) is 29.2 Å². The molecule has 4 N–H and O–H groups in total. The number of anilines is 2. The molecule has 0 amide bonds. The maximum absolute atomic E-state index is 7.70. The maximum atomic E-state index is 7.70. The number of nitrogens with zero attached hydrogens (tertiary/aromatic N) is 3. The second kappa shape index (κ2) is 10.3. The quantitative estimate of drug-likeness (QED) is 0.349. The number of hydrogen-bond acceptors (Lipinski definition) is 7. The molecule has 2 aromatic carbocycles. The summed E-state index contributed by atoms with van der Waals surface area (Å²) in [7, 11) is 1.57. The summed E-state index contributed by atoms with van der Waals surface area (Å²) < 4.78 is 17.5. The molecule has 33 heavy (non-hydrogen) atoms. The van der Waals surface area contributed by atoms with Gasteiger partial charge < -0.3 is 30.2 Å². The first-order chi connectivity index (χ1) is 15.9. The Morgan fingerprint density at radius 1 is 1.24 bits per heavy atom. The number of benzene rings is 2. The minimum Gasteiger partial charge on any atom is -0.493 e. The summed E-state index contributed by atoms with van der Waals surface area (Å²) in [5, 5.41) is 12.6. The zero-order valence-electron chi connectivity index (χ0n) is 18.0. The molecule has 1 saturated heterocycles. The van der Waals surface area contributed by atoms with Crippen molar-refractivity contribution in [2.75, 3.05) is 38.7 Å². The van der Waals surface area contributed by atoms with E-state index < -0.39 is 0 Å². The molecular weight excluding hydrogens is 467 g/mol. The van der Waals surface area contributed by atoms with Crippen molar-refractivity contribution in [2.24, 2.45) is 5.73 Å². The van der Waals surface area contributed by atoms with Gasteiger partial charge in [-0.1, -0.05) is 23.2 Å². The molecule has 2 heterocycles. The number of rotatable bonds is 6. The minimum atomic E-state index is -0.228. The third-order valence-electron chi connectivity index (χ3n) is 5.22. The van der Waals surface area contributed by atoms with Crippen LogP contribution < -0.4 is 20.5 Å². The summed E-state index contributed by atoms with van der Waals surface area (Å²) in [6.07, 6.45) is 2.05. The lowest BCUT2D eigenvalue weighted by Gasteiger charge is -2.24. The van der Waals surface area contributed by atoms with Crippen molar-refractivity contribution in [1.82, 2.24) is 14.9 Å². The lowest BCUT2D eigenvalue weighted by Crippen LogP contribution is -2.42. The zero-order chi connectivity index (χ0) is 23.4. The van der Waals surface area contributed by atoms with Gasteiger partial charge in [-0.2, -0.15) is 0 Å². The number of nitrogens with two attached hydrogens (primary N) is 1. The molecule has 0 spiro atoms. The fraction of sp³-hybridized carbons (Fsp3) is 0.318. The van der Waals surface area contributed by atoms with E-state index >= 15 is 0 Å². The first-order valence-corrected chi connectivity index (χ1v) is 11.1. The van der Waals surface area contributed by atoms with E-state index in [9.17, 15) is 0 Å². The van der Waals surface area contributed by atoms with Crippen LogP contribution in [0.1, 0.15) is 6.42 Å². The summed E-state index contributed by atoms with van der Waals surface area (Å²) in [6.45, 7) is 2.05. The Bertz CT molecular complexity index is 1160. The highest BCUT2D eigenvalue weighted by atomic mass is 35.5. The Labute approximate surface area is 201 Å². The summed E-state index contributed by atoms with van der Waals surface area (Å²) in [6, 6.07) is 8.87. The number of guanidine groups is 1. The third-order valence-corrected chi connectivity index (χ3v) is 5.96. The Balaban J connectivity index is 1.56. The maximum Gasteiger partial charge on any atom is 0.188 e. The highest BCUT2D eigenvalue weighted by Crippen LogP contribution is 2.35. The first-order valence-electron chi connectivity index (χ1n) is 10.3. The number of ether oxygens (including phenoxy) is 3. The second-order valence-electron chi connectivity index (χ2n) is 7.48. The number of methoxy groups -OCH3 is 1. The van der Waals surface area contributed by atoms with Gasteiger partial charge in [0.1, 0.15) is 24.9 Å². The lowest BCUT2D eigenvalue weighted by atomic mass is 10.2. The normalized spacial score (nSPS) is 16.3. The van der Waals surface area contributed by atoms with Crippen molar-refractivity contribution in [3.63, 3.8) is 0 Å². The molecule has 0 aliphatic carbocycles. The fourth-order valence-corrected chi connectivity index (χ4v) is 3.84. The molecule has 1 aliphatic heterocycles. The molecule has 1 fully saturated rings. The van der Waals surface area contributed by atoms with Crippen LogP contribution in [0.2, 0.25) is 10.0 Å². The SMILES string of the molecule is COc1cc2c(Nc3ccc(Cl)c(Cl)c3)ncnc2cc1OCC1CN(C(=N)N)CCCO1. The Hall–Kier alpha value is -3.01. The van der Waals surface area contributed by atoms with Gasteiger partial charge in [0.2, 0.25) is 0 Å². The molecule has 1 unspecified atom stereocenters. The molecule has 1 atom stereocenters. The lowest BCUT2D eigenvalue weighted by molar-refractivity contribution is 0.0257. The van der Waals surface area contributed by atoms with E-state index in [1.165, 1.54) is 6.33 Å². The van der Waals surface area contributed by atoms with Crippen molar-refractivity contribution in [3.05, 3.63) is 46.7 Å². The number of fused-ring (bicyclic) bond motifs is 1. The molecule has 0 radical (unpaired) electrons. The van der Waals surface area contributed by atoms with Crippen molar-refractivity contribution in [3.8, 4) is 11.5 Å². The van der Waals surface area contributed by atoms with Crippen LogP contribution >= 0.6 is 23.2 Å². The van der Waals surface area contributed by atoms with Crippen molar-refractivity contribution in [2.45, 2.75) is 12.5 Å². The second-order valence-corrected chi connectivity index (χ2v) is 8.30. The third kappa shape index (κ3) is 5.50. The molecule has 3 aromatic rings. The van der Waals surface area contributed by atoms with Gasteiger partial charge in [-0.25, -0.2) is 9.97 Å². The van der Waals surface area contributed by atoms with Gasteiger partial charge in [0.25, 0.3) is 0 Å². The highest BCUT2D eigenvalue weighted by molar-refractivity contribution is 6.42.